The summed E-state index contributed by atoms with van der Waals surface area (Å²) in [5.41, 5.74) is 1.09. The van der Waals surface area contributed by atoms with Crippen molar-refractivity contribution in [1.82, 2.24) is 0 Å². The van der Waals surface area contributed by atoms with Gasteiger partial charge in [0.15, 0.2) is 0 Å². The number of carbonyl (C=O) groups is 1. The maximum Gasteiger partial charge on any atom is 0.354 e. The van der Waals surface area contributed by atoms with Crippen LogP contribution in [0.25, 0.3) is 10.8 Å². The highest BCUT2D eigenvalue weighted by atomic mass is 16.6. The second kappa shape index (κ2) is 6.39. The number of aliphatic imine (C=N–C) groups is 1. The highest BCUT2D eigenvalue weighted by Crippen LogP contribution is 2.30. The number of benzene rings is 2. The molecule has 1 aliphatic heterocycles. The van der Waals surface area contributed by atoms with Crippen molar-refractivity contribution in [1.29, 1.82) is 0 Å². The third-order valence-corrected chi connectivity index (χ3v) is 4.14. The van der Waals surface area contributed by atoms with Crippen LogP contribution in [0.4, 0.5) is 0 Å². The number of fused-ring (bicyclic) bond motifs is 1. The predicted octanol–water partition coefficient (Wildman–Crippen LogP) is 3.18. The fourth-order valence-corrected chi connectivity index (χ4v) is 2.90. The molecule has 0 saturated carbocycles. The van der Waals surface area contributed by atoms with Gasteiger partial charge in [0.2, 0.25) is 12.8 Å². The Bertz CT molecular complexity index is 829. The van der Waals surface area contributed by atoms with Gasteiger partial charge in [0, 0.05) is 10.8 Å². The van der Waals surface area contributed by atoms with Crippen molar-refractivity contribution < 1.29 is 14.5 Å². The third-order valence-electron chi connectivity index (χ3n) is 4.14. The summed E-state index contributed by atoms with van der Waals surface area (Å²) in [6.45, 7) is 3.35. The van der Waals surface area contributed by atoms with Crippen molar-refractivity contribution in [2.24, 2.45) is 10.9 Å². The molecular weight excluding hydrogens is 308 g/mol. The molecule has 3 rings (SSSR count). The molecule has 0 N–H and O–H groups in total. The first-order valence-electron chi connectivity index (χ1n) is 7.85. The van der Waals surface area contributed by atoms with Gasteiger partial charge in [0.05, 0.1) is 0 Å². The zero-order valence-corrected chi connectivity index (χ0v) is 13.5. The van der Waals surface area contributed by atoms with Gasteiger partial charge in [-0.1, -0.05) is 56.3 Å². The summed E-state index contributed by atoms with van der Waals surface area (Å²) in [6.07, 6.45) is -0.846. The minimum atomic E-state index is -0.846. The lowest BCUT2D eigenvalue weighted by atomic mass is 9.95. The molecule has 124 valence electrons. The number of cyclic esters (lactones) is 1. The van der Waals surface area contributed by atoms with Gasteiger partial charge in [-0.2, -0.15) is 0 Å². The van der Waals surface area contributed by atoms with Crippen LogP contribution < -0.4 is 0 Å². The van der Waals surface area contributed by atoms with Gasteiger partial charge in [-0.05, 0) is 16.3 Å². The second-order valence-corrected chi connectivity index (χ2v) is 6.19. The van der Waals surface area contributed by atoms with Gasteiger partial charge >= 0.3 is 5.97 Å². The lowest BCUT2D eigenvalue weighted by molar-refractivity contribution is -0.485. The molecule has 1 heterocycles. The average Bonchev–Trinajstić information content (AvgIpc) is 2.94. The summed E-state index contributed by atoms with van der Waals surface area (Å²) < 4.78 is 5.32. The largest absolute Gasteiger partial charge is 0.434 e. The van der Waals surface area contributed by atoms with E-state index in [0.29, 0.717) is 5.71 Å². The maximum absolute atomic E-state index is 11.9. The summed E-state index contributed by atoms with van der Waals surface area (Å²) in [5.74, 6) is -1.16. The van der Waals surface area contributed by atoms with E-state index in [1.165, 1.54) is 0 Å². The normalized spacial score (nSPS) is 18.5. The number of ether oxygens (including phenoxy) is 1. The average molecular weight is 326 g/mol. The smallest absolute Gasteiger partial charge is 0.354 e. The third kappa shape index (κ3) is 3.13. The molecule has 0 spiro atoms. The van der Waals surface area contributed by atoms with E-state index in [9.17, 15) is 14.9 Å². The number of nitro groups is 1. The van der Waals surface area contributed by atoms with Crippen LogP contribution in [-0.4, -0.2) is 29.4 Å². The standard InChI is InChI=1S/C18H18N2O4/c1-11(2)16-18(21)24-17(19-16)15(10-20(22)23)14-8-7-12-5-3-4-6-13(12)9-14/h3-9,11,15,17H,10H2,1-2H3. The molecule has 0 aromatic heterocycles. The van der Waals surface area contributed by atoms with Crippen molar-refractivity contribution in [3.63, 3.8) is 0 Å². The molecule has 2 unspecified atom stereocenters. The molecular formula is C18H18N2O4. The van der Waals surface area contributed by atoms with Crippen molar-refractivity contribution in [3.05, 3.63) is 58.1 Å². The lowest BCUT2D eigenvalue weighted by Crippen LogP contribution is -2.25. The Morgan fingerprint density at radius 1 is 1.21 bits per heavy atom. The Hall–Kier alpha value is -2.76. The monoisotopic (exact) mass is 326 g/mol. The Labute approximate surface area is 139 Å². The van der Waals surface area contributed by atoms with E-state index >= 15 is 0 Å². The number of nitrogens with zero attached hydrogens (tertiary/aromatic N) is 2. The van der Waals surface area contributed by atoms with Gasteiger partial charge in [-0.25, -0.2) is 9.79 Å². The number of hydrogen-bond donors (Lipinski definition) is 0. The minimum Gasteiger partial charge on any atom is -0.434 e. The van der Waals surface area contributed by atoms with Crippen LogP contribution in [0.15, 0.2) is 47.5 Å². The molecule has 24 heavy (non-hydrogen) atoms. The van der Waals surface area contributed by atoms with E-state index in [1.807, 2.05) is 56.3 Å². The predicted molar refractivity (Wildman–Crippen MR) is 90.7 cm³/mol. The van der Waals surface area contributed by atoms with Crippen molar-refractivity contribution in [2.75, 3.05) is 6.54 Å². The number of carbonyl (C=O) groups excluding carboxylic acids is 1. The SMILES string of the molecule is CC(C)C1=NC(C(C[N+](=O)[O-])c2ccc3ccccc3c2)OC1=O. The number of hydrogen-bond acceptors (Lipinski definition) is 5. The molecule has 6 nitrogen and oxygen atoms in total. The van der Waals surface area contributed by atoms with Crippen molar-refractivity contribution >= 4 is 22.5 Å². The highest BCUT2D eigenvalue weighted by molar-refractivity contribution is 6.38. The van der Waals surface area contributed by atoms with E-state index < -0.39 is 23.0 Å². The van der Waals surface area contributed by atoms with E-state index in [4.69, 9.17) is 4.74 Å². The number of rotatable bonds is 5. The Balaban J connectivity index is 1.99. The van der Waals surface area contributed by atoms with Crippen LogP contribution in [0.2, 0.25) is 0 Å². The molecule has 2 aromatic carbocycles. The van der Waals surface area contributed by atoms with Crippen LogP contribution in [0.1, 0.15) is 25.3 Å². The maximum atomic E-state index is 11.9. The van der Waals surface area contributed by atoms with Crippen LogP contribution in [0, 0.1) is 16.0 Å². The van der Waals surface area contributed by atoms with Gasteiger partial charge in [0.1, 0.15) is 11.6 Å². The first-order chi connectivity index (χ1) is 11.5. The van der Waals surface area contributed by atoms with E-state index in [2.05, 4.69) is 4.99 Å². The van der Waals surface area contributed by atoms with E-state index in [0.717, 1.165) is 16.3 Å². The minimum absolute atomic E-state index is 0.0737. The zero-order chi connectivity index (χ0) is 17.3. The topological polar surface area (TPSA) is 81.8 Å². The summed E-state index contributed by atoms with van der Waals surface area (Å²) in [7, 11) is 0. The summed E-state index contributed by atoms with van der Waals surface area (Å²) in [5, 5.41) is 13.2. The number of esters is 1. The Morgan fingerprint density at radius 2 is 1.92 bits per heavy atom. The molecule has 2 atom stereocenters. The first kappa shape index (κ1) is 16.1. The summed E-state index contributed by atoms with van der Waals surface area (Å²) >= 11 is 0. The van der Waals surface area contributed by atoms with E-state index in [-0.39, 0.29) is 12.5 Å². The van der Waals surface area contributed by atoms with Gasteiger partial charge in [-0.3, -0.25) is 10.1 Å². The fraction of sp³-hybridized carbons (Fsp3) is 0.333. The van der Waals surface area contributed by atoms with Crippen LogP contribution in [0.5, 0.6) is 0 Å². The molecule has 2 aromatic rings. The fourth-order valence-electron chi connectivity index (χ4n) is 2.90. The van der Waals surface area contributed by atoms with Gasteiger partial charge in [0.25, 0.3) is 0 Å². The first-order valence-corrected chi connectivity index (χ1v) is 7.85. The summed E-state index contributed by atoms with van der Waals surface area (Å²) in [4.78, 5) is 27.0. The van der Waals surface area contributed by atoms with Crippen LogP contribution in [0.3, 0.4) is 0 Å². The molecule has 6 heteroatoms. The summed E-state index contributed by atoms with van der Waals surface area (Å²) in [6, 6.07) is 13.4. The Morgan fingerprint density at radius 3 is 2.54 bits per heavy atom. The van der Waals surface area contributed by atoms with Crippen LogP contribution in [-0.2, 0) is 9.53 Å². The van der Waals surface area contributed by atoms with Gasteiger partial charge in [-0.15, -0.1) is 0 Å². The molecule has 0 fully saturated rings. The van der Waals surface area contributed by atoms with Crippen molar-refractivity contribution in [3.8, 4) is 0 Å². The van der Waals surface area contributed by atoms with E-state index in [1.54, 1.807) is 0 Å². The molecule has 0 aliphatic carbocycles. The highest BCUT2D eigenvalue weighted by Gasteiger charge is 2.38. The molecule has 0 amide bonds. The second-order valence-electron chi connectivity index (χ2n) is 6.19. The van der Waals surface area contributed by atoms with Gasteiger partial charge < -0.3 is 4.74 Å². The molecule has 0 bridgehead atoms. The zero-order valence-electron chi connectivity index (χ0n) is 13.5. The molecule has 1 aliphatic rings. The van der Waals surface area contributed by atoms with Crippen LogP contribution >= 0.6 is 0 Å². The molecule has 0 radical (unpaired) electrons. The quantitative estimate of drug-likeness (QED) is 0.480. The lowest BCUT2D eigenvalue weighted by Gasteiger charge is -2.18. The Kier molecular flexibility index (Phi) is 4.29. The van der Waals surface area contributed by atoms with Crippen molar-refractivity contribution in [2.45, 2.75) is 26.0 Å². The molecule has 0 saturated heterocycles.